The molecule has 0 atom stereocenters. The maximum absolute atomic E-state index is 9.98. The normalized spacial score (nSPS) is 8.91. The second-order valence-electron chi connectivity index (χ2n) is 1.49. The van der Waals surface area contributed by atoms with Gasteiger partial charge >= 0.3 is 0 Å². The van der Waals surface area contributed by atoms with E-state index in [1.54, 1.807) is 13.8 Å². The van der Waals surface area contributed by atoms with Gasteiger partial charge in [-0.25, -0.2) is 0 Å². The summed E-state index contributed by atoms with van der Waals surface area (Å²) in [5.74, 6) is -0.637. The molecule has 0 fully saturated rings. The summed E-state index contributed by atoms with van der Waals surface area (Å²) in [6.07, 6.45) is 1.29. The average Bonchev–Trinajstić information content (AvgIpc) is 1.91. The molecule has 1 amide bonds. The first kappa shape index (κ1) is 17.8. The zero-order chi connectivity index (χ0) is 8.57. The van der Waals surface area contributed by atoms with Crippen LogP contribution in [0, 0.1) is 6.92 Å². The molecule has 0 unspecified atom stereocenters. The Morgan fingerprint density at radius 2 is 2.00 bits per heavy atom. The van der Waals surface area contributed by atoms with Gasteiger partial charge in [0.1, 0.15) is 0 Å². The van der Waals surface area contributed by atoms with Gasteiger partial charge in [-0.2, -0.15) is 6.92 Å². The minimum Gasteiger partial charge on any atom is -0.664 e. The average molecular weight is 295 g/mol. The van der Waals surface area contributed by atoms with Gasteiger partial charge < -0.3 is 17.5 Å². The molecule has 0 aromatic rings. The van der Waals surface area contributed by atoms with E-state index < -0.39 is 5.91 Å². The van der Waals surface area contributed by atoms with E-state index in [1.165, 1.54) is 6.08 Å². The predicted molar refractivity (Wildman–Crippen MR) is 47.9 cm³/mol. The van der Waals surface area contributed by atoms with Gasteiger partial charge in [0, 0.05) is 38.0 Å². The Balaban J connectivity index is -0.000000196. The molecule has 11 heavy (non-hydrogen) atoms. The Morgan fingerprint density at radius 1 is 1.64 bits per heavy atom. The summed E-state index contributed by atoms with van der Waals surface area (Å²) in [4.78, 5) is 9.98. The van der Waals surface area contributed by atoms with Gasteiger partial charge in [-0.1, -0.05) is 21.5 Å². The molecule has 2 nitrogen and oxygen atoms in total. The van der Waals surface area contributed by atoms with Crippen molar-refractivity contribution in [3.8, 4) is 0 Å². The molecule has 1 radical (unpaired) electrons. The molecule has 0 rings (SSSR count). The van der Waals surface area contributed by atoms with Crippen molar-refractivity contribution >= 4 is 21.8 Å². The van der Waals surface area contributed by atoms with Gasteiger partial charge in [-0.3, -0.25) is 0 Å². The van der Waals surface area contributed by atoms with E-state index in [1.807, 2.05) is 0 Å². The summed E-state index contributed by atoms with van der Waals surface area (Å²) in [5, 5.41) is 0.664. The van der Waals surface area contributed by atoms with Crippen LogP contribution in [0.2, 0.25) is 0 Å². The van der Waals surface area contributed by atoms with E-state index in [-0.39, 0.29) is 32.7 Å². The zero-order valence-electron chi connectivity index (χ0n) is 6.86. The fourth-order valence-corrected chi connectivity index (χ4v) is 0.424. The Hall–Kier alpha value is 0.794. The molecular weight excluding hydrogens is 283 g/mol. The molecule has 0 saturated heterocycles. The molecule has 0 spiro atoms. The summed E-state index contributed by atoms with van der Waals surface area (Å²) in [6.45, 7) is 6.79. The fourth-order valence-electron chi connectivity index (χ4n) is 0.262. The van der Waals surface area contributed by atoms with Crippen LogP contribution in [0.5, 0.6) is 0 Å². The van der Waals surface area contributed by atoms with Gasteiger partial charge in [-0.15, -0.1) is 0 Å². The molecule has 0 aromatic carbocycles. The van der Waals surface area contributed by atoms with E-state index in [0.717, 1.165) is 5.57 Å². The van der Waals surface area contributed by atoms with Gasteiger partial charge in [0.25, 0.3) is 0 Å². The van der Waals surface area contributed by atoms with Crippen molar-refractivity contribution in [2.24, 2.45) is 0 Å². The molecule has 0 aliphatic heterocycles. The second-order valence-corrected chi connectivity index (χ2v) is 2.05. The first-order valence-electron chi connectivity index (χ1n) is 2.86. The first-order chi connectivity index (χ1) is 4.66. The number of carbonyl (C=O) groups excluding carboxylic acids is 1. The maximum atomic E-state index is 9.98. The van der Waals surface area contributed by atoms with Crippen LogP contribution in [-0.4, -0.2) is 11.2 Å². The Bertz CT molecular complexity index is 126. The minimum absolute atomic E-state index is 0. The number of rotatable bonds is 2. The van der Waals surface area contributed by atoms with Crippen molar-refractivity contribution in [1.82, 2.24) is 0 Å². The van der Waals surface area contributed by atoms with Crippen molar-refractivity contribution in [3.05, 3.63) is 24.3 Å². The Labute approximate surface area is 102 Å². The molecular formula is C7H12BrNOY-2. The van der Waals surface area contributed by atoms with Gasteiger partial charge in [0.05, 0.1) is 5.91 Å². The predicted octanol–water partition coefficient (Wildman–Crippen LogP) is 2.74. The van der Waals surface area contributed by atoms with Crippen LogP contribution in [0.25, 0.3) is 5.73 Å². The van der Waals surface area contributed by atoms with Crippen LogP contribution in [0.15, 0.2) is 11.6 Å². The van der Waals surface area contributed by atoms with Crippen molar-refractivity contribution in [2.75, 3.05) is 5.33 Å². The molecule has 4 heteroatoms. The van der Waals surface area contributed by atoms with Crippen LogP contribution in [0.4, 0.5) is 0 Å². The van der Waals surface area contributed by atoms with E-state index in [9.17, 15) is 4.79 Å². The second kappa shape index (κ2) is 13.4. The van der Waals surface area contributed by atoms with Crippen molar-refractivity contribution < 1.29 is 37.5 Å². The number of nitrogens with one attached hydrogen (secondary N) is 1. The largest absolute Gasteiger partial charge is 0.664 e. The van der Waals surface area contributed by atoms with Crippen LogP contribution in [0.3, 0.4) is 0 Å². The smallest absolute Gasteiger partial charge is 0.0722 e. The number of alkyl halides is 1. The molecule has 63 valence electrons. The van der Waals surface area contributed by atoms with Gasteiger partial charge in [-0.05, 0) is 13.0 Å². The third-order valence-electron chi connectivity index (χ3n) is 0.588. The summed E-state index contributed by atoms with van der Waals surface area (Å²) < 4.78 is 0. The maximum Gasteiger partial charge on any atom is 0.0722 e. The van der Waals surface area contributed by atoms with Crippen LogP contribution in [0.1, 0.15) is 13.8 Å². The standard InChI is InChI=1S/C5H8BrNO.C2H5.Y/c1-4(3-6)2-5(7)8;1-2;/h2H,3H2,1H3,(H2,7,8);1H2,2H3;/q;-1;/p-1/b4-2-;;. The third kappa shape index (κ3) is 18.1. The minimum atomic E-state index is -0.637. The topological polar surface area (TPSA) is 40.9 Å². The quantitative estimate of drug-likeness (QED) is 0.439. The van der Waals surface area contributed by atoms with Crippen molar-refractivity contribution in [1.29, 1.82) is 0 Å². The fraction of sp³-hybridized carbons (Fsp3) is 0.429. The zero-order valence-corrected chi connectivity index (χ0v) is 11.3. The molecule has 0 heterocycles. The molecule has 1 N–H and O–H groups in total. The van der Waals surface area contributed by atoms with Crippen LogP contribution < -0.4 is 0 Å². The number of halogens is 1. The SMILES string of the molecule is C/C(=C/C([NH-])=O)CBr.[CH2-]C.[Y]. The summed E-state index contributed by atoms with van der Waals surface area (Å²) in [6, 6.07) is 0. The number of amides is 1. The summed E-state index contributed by atoms with van der Waals surface area (Å²) >= 11 is 3.14. The Kier molecular flexibility index (Phi) is 21.6. The molecule has 0 saturated carbocycles. The number of hydrogen-bond donors (Lipinski definition) is 0. The van der Waals surface area contributed by atoms with E-state index in [4.69, 9.17) is 5.73 Å². The van der Waals surface area contributed by atoms with E-state index in [0.29, 0.717) is 5.33 Å². The third-order valence-corrected chi connectivity index (χ3v) is 1.47. The molecule has 0 aliphatic carbocycles. The summed E-state index contributed by atoms with van der Waals surface area (Å²) in [5.41, 5.74) is 7.35. The molecule has 0 bridgehead atoms. The number of carbonyl (C=O) groups is 1. The molecule has 0 aromatic heterocycles. The van der Waals surface area contributed by atoms with Gasteiger partial charge in [0.15, 0.2) is 0 Å². The molecule has 0 aliphatic rings. The van der Waals surface area contributed by atoms with E-state index >= 15 is 0 Å². The van der Waals surface area contributed by atoms with Crippen molar-refractivity contribution in [2.45, 2.75) is 13.8 Å². The van der Waals surface area contributed by atoms with E-state index in [2.05, 4.69) is 22.9 Å². The van der Waals surface area contributed by atoms with Gasteiger partial charge in [0.2, 0.25) is 0 Å². The van der Waals surface area contributed by atoms with Crippen molar-refractivity contribution in [3.63, 3.8) is 0 Å². The van der Waals surface area contributed by atoms with Crippen LogP contribution >= 0.6 is 15.9 Å². The van der Waals surface area contributed by atoms with Crippen LogP contribution in [-0.2, 0) is 37.5 Å². The monoisotopic (exact) mass is 294 g/mol. The Morgan fingerprint density at radius 3 is 2.09 bits per heavy atom. The first-order valence-corrected chi connectivity index (χ1v) is 3.98. The number of allylic oxidation sites excluding steroid dienone is 1. The summed E-state index contributed by atoms with van der Waals surface area (Å²) in [7, 11) is 0. The number of hydrogen-bond acceptors (Lipinski definition) is 1.